The van der Waals surface area contributed by atoms with Crippen LogP contribution in [0, 0.1) is 6.92 Å². The Bertz CT molecular complexity index is 726. The number of benzene rings is 2. The van der Waals surface area contributed by atoms with E-state index in [1.165, 1.54) is 0 Å². The van der Waals surface area contributed by atoms with Crippen molar-refractivity contribution in [2.75, 3.05) is 0 Å². The Hall–Kier alpha value is -2.14. The lowest BCUT2D eigenvalue weighted by Gasteiger charge is -2.09. The molecule has 1 amide bonds. The second-order valence-corrected chi connectivity index (χ2v) is 5.71. The summed E-state index contributed by atoms with van der Waals surface area (Å²) in [4.78, 5) is 12.2. The first-order valence-electron chi connectivity index (χ1n) is 6.94. The van der Waals surface area contributed by atoms with Crippen molar-refractivity contribution in [3.63, 3.8) is 0 Å². The maximum Gasteiger partial charge on any atom is 0.272 e. The molecule has 22 heavy (non-hydrogen) atoms. The molecule has 0 saturated carbocycles. The summed E-state index contributed by atoms with van der Waals surface area (Å²) < 4.78 is 0.708. The van der Waals surface area contributed by atoms with Gasteiger partial charge in [-0.3, -0.25) is 4.79 Å². The molecule has 2 aromatic carbocycles. The van der Waals surface area contributed by atoms with E-state index in [9.17, 15) is 9.90 Å². The fourth-order valence-corrected chi connectivity index (χ4v) is 2.50. The topological polar surface area (TPSA) is 61.7 Å². The maximum atomic E-state index is 12.2. The molecule has 4 nitrogen and oxygen atoms in total. The third kappa shape index (κ3) is 3.74. The Morgan fingerprint density at radius 3 is 2.64 bits per heavy atom. The van der Waals surface area contributed by atoms with Crippen molar-refractivity contribution in [3.8, 4) is 5.75 Å². The lowest BCUT2D eigenvalue weighted by atomic mass is 10.0. The standard InChI is InChI=1S/C17H17BrN2O2/c1-3-15(13-10-11(2)8-9-16(13)21)19-20-17(22)12-6-4-5-7-14(12)18/h4-10,21H,3H2,1-2H3,(H,20,22)/b19-15+. The molecule has 5 heteroatoms. The van der Waals surface area contributed by atoms with Gasteiger partial charge < -0.3 is 5.11 Å². The van der Waals surface area contributed by atoms with Gasteiger partial charge in [0.1, 0.15) is 5.75 Å². The molecule has 0 atom stereocenters. The van der Waals surface area contributed by atoms with Gasteiger partial charge in [-0.15, -0.1) is 0 Å². The lowest BCUT2D eigenvalue weighted by molar-refractivity contribution is 0.0954. The van der Waals surface area contributed by atoms with E-state index in [1.807, 2.05) is 32.0 Å². The molecule has 2 rings (SSSR count). The first-order valence-corrected chi connectivity index (χ1v) is 7.73. The molecule has 0 aromatic heterocycles. The first kappa shape index (κ1) is 16.2. The summed E-state index contributed by atoms with van der Waals surface area (Å²) >= 11 is 3.34. The van der Waals surface area contributed by atoms with Crippen LogP contribution in [-0.2, 0) is 0 Å². The van der Waals surface area contributed by atoms with Gasteiger partial charge >= 0.3 is 0 Å². The normalized spacial score (nSPS) is 11.3. The number of rotatable bonds is 4. The van der Waals surface area contributed by atoms with Gasteiger partial charge in [-0.2, -0.15) is 5.10 Å². The van der Waals surface area contributed by atoms with Crippen LogP contribution in [0.1, 0.15) is 34.8 Å². The summed E-state index contributed by atoms with van der Waals surface area (Å²) in [7, 11) is 0. The quantitative estimate of drug-likeness (QED) is 0.639. The van der Waals surface area contributed by atoms with Crippen LogP contribution in [0.4, 0.5) is 0 Å². The van der Waals surface area contributed by atoms with Gasteiger partial charge in [0.25, 0.3) is 5.91 Å². The van der Waals surface area contributed by atoms with Gasteiger partial charge in [-0.25, -0.2) is 5.43 Å². The van der Waals surface area contributed by atoms with Gasteiger partial charge in [0.2, 0.25) is 0 Å². The molecule has 2 N–H and O–H groups in total. The average Bonchev–Trinajstić information content (AvgIpc) is 2.51. The number of carbonyl (C=O) groups excluding carboxylic acids is 1. The number of nitrogens with zero attached hydrogens (tertiary/aromatic N) is 1. The van der Waals surface area contributed by atoms with Crippen LogP contribution in [0.25, 0.3) is 0 Å². The molecule has 0 fully saturated rings. The molecule has 0 aliphatic heterocycles. The Labute approximate surface area is 138 Å². The number of carbonyl (C=O) groups is 1. The molecule has 2 aromatic rings. The minimum atomic E-state index is -0.300. The number of hydrogen-bond donors (Lipinski definition) is 2. The van der Waals surface area contributed by atoms with Crippen molar-refractivity contribution in [1.29, 1.82) is 0 Å². The molecule has 0 aliphatic rings. The average molecular weight is 361 g/mol. The van der Waals surface area contributed by atoms with Crippen LogP contribution in [0.2, 0.25) is 0 Å². The fraction of sp³-hybridized carbons (Fsp3) is 0.176. The van der Waals surface area contributed by atoms with Crippen molar-refractivity contribution in [2.24, 2.45) is 5.10 Å². The minimum Gasteiger partial charge on any atom is -0.507 e. The van der Waals surface area contributed by atoms with E-state index in [-0.39, 0.29) is 11.7 Å². The highest BCUT2D eigenvalue weighted by Gasteiger charge is 2.11. The zero-order chi connectivity index (χ0) is 16.1. The fourth-order valence-electron chi connectivity index (χ4n) is 2.03. The Balaban J connectivity index is 2.25. The highest BCUT2D eigenvalue weighted by atomic mass is 79.9. The Kier molecular flexibility index (Phi) is 5.33. The third-order valence-corrected chi connectivity index (χ3v) is 3.90. The van der Waals surface area contributed by atoms with Gasteiger partial charge in [0.05, 0.1) is 11.3 Å². The summed E-state index contributed by atoms with van der Waals surface area (Å²) in [5, 5.41) is 14.1. The predicted octanol–water partition coefficient (Wildman–Crippen LogP) is 4.01. The van der Waals surface area contributed by atoms with Gasteiger partial charge in [0.15, 0.2) is 0 Å². The summed E-state index contributed by atoms with van der Waals surface area (Å²) in [5.41, 5.74) is 5.33. The van der Waals surface area contributed by atoms with Crippen molar-refractivity contribution >= 4 is 27.5 Å². The predicted molar refractivity (Wildman–Crippen MR) is 91.3 cm³/mol. The van der Waals surface area contributed by atoms with Crippen LogP contribution in [-0.4, -0.2) is 16.7 Å². The van der Waals surface area contributed by atoms with Gasteiger partial charge in [0, 0.05) is 10.0 Å². The maximum absolute atomic E-state index is 12.2. The lowest BCUT2D eigenvalue weighted by Crippen LogP contribution is -2.20. The number of amides is 1. The van der Waals surface area contributed by atoms with Crippen LogP contribution >= 0.6 is 15.9 Å². The second-order valence-electron chi connectivity index (χ2n) is 4.85. The van der Waals surface area contributed by atoms with Crippen molar-refractivity contribution in [2.45, 2.75) is 20.3 Å². The number of hydrogen-bond acceptors (Lipinski definition) is 3. The summed E-state index contributed by atoms with van der Waals surface area (Å²) in [6, 6.07) is 12.4. The number of phenolic OH excluding ortho intramolecular Hbond substituents is 1. The monoisotopic (exact) mass is 360 g/mol. The Morgan fingerprint density at radius 1 is 1.23 bits per heavy atom. The SMILES string of the molecule is CC/C(=N\NC(=O)c1ccccc1Br)c1cc(C)ccc1O. The van der Waals surface area contributed by atoms with E-state index < -0.39 is 0 Å². The molecule has 0 aliphatic carbocycles. The smallest absolute Gasteiger partial charge is 0.272 e. The molecule has 0 heterocycles. The van der Waals surface area contributed by atoms with Crippen LogP contribution < -0.4 is 5.43 Å². The number of aryl methyl sites for hydroxylation is 1. The largest absolute Gasteiger partial charge is 0.507 e. The third-order valence-electron chi connectivity index (χ3n) is 3.21. The molecule has 0 spiro atoms. The minimum absolute atomic E-state index is 0.154. The molecule has 0 saturated heterocycles. The van der Waals surface area contributed by atoms with Gasteiger partial charge in [-0.1, -0.05) is 30.7 Å². The summed E-state index contributed by atoms with van der Waals surface area (Å²) in [6.07, 6.45) is 0.591. The van der Waals surface area contributed by atoms with E-state index in [4.69, 9.17) is 0 Å². The van der Waals surface area contributed by atoms with Crippen molar-refractivity contribution in [1.82, 2.24) is 5.43 Å². The molecule has 0 radical (unpaired) electrons. The number of halogens is 1. The summed E-state index contributed by atoms with van der Waals surface area (Å²) in [5.74, 6) is -0.146. The number of aromatic hydroxyl groups is 1. The van der Waals surface area contributed by atoms with Crippen LogP contribution in [0.3, 0.4) is 0 Å². The Morgan fingerprint density at radius 2 is 1.95 bits per heavy atom. The van der Waals surface area contributed by atoms with Crippen molar-refractivity contribution in [3.05, 3.63) is 63.6 Å². The first-order chi connectivity index (χ1) is 10.5. The number of phenols is 1. The van der Waals surface area contributed by atoms with E-state index >= 15 is 0 Å². The number of nitrogens with one attached hydrogen (secondary N) is 1. The van der Waals surface area contributed by atoms with Crippen LogP contribution in [0.15, 0.2) is 52.0 Å². The van der Waals surface area contributed by atoms with E-state index in [0.717, 1.165) is 5.56 Å². The van der Waals surface area contributed by atoms with E-state index in [0.29, 0.717) is 27.7 Å². The second kappa shape index (κ2) is 7.22. The molecule has 114 valence electrons. The van der Waals surface area contributed by atoms with Crippen molar-refractivity contribution < 1.29 is 9.90 Å². The highest BCUT2D eigenvalue weighted by Crippen LogP contribution is 2.20. The van der Waals surface area contributed by atoms with Gasteiger partial charge in [-0.05, 0) is 53.5 Å². The van der Waals surface area contributed by atoms with Crippen LogP contribution in [0.5, 0.6) is 5.75 Å². The summed E-state index contributed by atoms with van der Waals surface area (Å²) in [6.45, 7) is 3.86. The molecular formula is C17H17BrN2O2. The molecular weight excluding hydrogens is 344 g/mol. The zero-order valence-corrected chi connectivity index (χ0v) is 14.0. The van der Waals surface area contributed by atoms with E-state index in [1.54, 1.807) is 24.3 Å². The zero-order valence-electron chi connectivity index (χ0n) is 12.4. The highest BCUT2D eigenvalue weighted by molar-refractivity contribution is 9.10. The number of hydrazone groups is 1. The van der Waals surface area contributed by atoms with E-state index in [2.05, 4.69) is 26.5 Å². The molecule has 0 bridgehead atoms. The molecule has 0 unspecified atom stereocenters.